The van der Waals surface area contributed by atoms with Gasteiger partial charge in [-0.15, -0.1) is 6.58 Å². The van der Waals surface area contributed by atoms with Gasteiger partial charge in [0.25, 0.3) is 0 Å². The predicted octanol–water partition coefficient (Wildman–Crippen LogP) is 0.726. The van der Waals surface area contributed by atoms with Crippen LogP contribution in [0.25, 0.3) is 0 Å². The Balaban J connectivity index is 3.24. The number of carboxylic acids is 1. The summed E-state index contributed by atoms with van der Waals surface area (Å²) in [7, 11) is 0. The summed E-state index contributed by atoms with van der Waals surface area (Å²) in [5.41, 5.74) is -0.532. The zero-order valence-electron chi connectivity index (χ0n) is 11.6. The van der Waals surface area contributed by atoms with Gasteiger partial charge in [0.2, 0.25) is 0 Å². The average molecular weight is 282 g/mol. The molecule has 1 rings (SSSR count). The van der Waals surface area contributed by atoms with Crippen LogP contribution in [0.2, 0.25) is 0 Å². The molecule has 0 radical (unpaired) electrons. The molecular weight excluding hydrogens is 260 g/mol. The number of hydrogen-bond acceptors (Lipinski definition) is 4. The quantitative estimate of drug-likeness (QED) is 0.440. The molecule has 1 aliphatic carbocycles. The van der Waals surface area contributed by atoms with E-state index in [1.54, 1.807) is 13.0 Å². The van der Waals surface area contributed by atoms with Crippen LogP contribution in [0.3, 0.4) is 0 Å². The summed E-state index contributed by atoms with van der Waals surface area (Å²) < 4.78 is 0. The molecule has 4 N–H and O–H groups in total. The third kappa shape index (κ3) is 2.70. The van der Waals surface area contributed by atoms with Gasteiger partial charge in [-0.3, -0.25) is 0 Å². The van der Waals surface area contributed by atoms with E-state index >= 15 is 0 Å². The van der Waals surface area contributed by atoms with E-state index in [2.05, 4.69) is 19.7 Å². The van der Waals surface area contributed by atoms with Crippen molar-refractivity contribution in [3.63, 3.8) is 0 Å². The van der Waals surface area contributed by atoms with Crippen molar-refractivity contribution >= 4 is 5.97 Å². The molecule has 5 nitrogen and oxygen atoms in total. The van der Waals surface area contributed by atoms with Gasteiger partial charge in [-0.1, -0.05) is 26.2 Å². The van der Waals surface area contributed by atoms with Crippen molar-refractivity contribution in [1.29, 1.82) is 0 Å². The first kappa shape index (κ1) is 16.6. The van der Waals surface area contributed by atoms with Crippen molar-refractivity contribution in [2.75, 3.05) is 6.61 Å². The lowest BCUT2D eigenvalue weighted by molar-refractivity contribution is -0.137. The maximum absolute atomic E-state index is 11.1. The lowest BCUT2D eigenvalue weighted by atomic mass is 9.58. The van der Waals surface area contributed by atoms with Gasteiger partial charge in [-0.25, -0.2) is 4.79 Å². The third-order valence-corrected chi connectivity index (χ3v) is 4.27. The zero-order chi connectivity index (χ0) is 15.7. The summed E-state index contributed by atoms with van der Waals surface area (Å²) in [5.74, 6) is -2.84. The Hall–Kier alpha value is -1.43. The lowest BCUT2D eigenvalue weighted by Crippen LogP contribution is -2.53. The number of aliphatic carboxylic acids is 1. The number of carboxylic acid groups (broad SMARTS) is 1. The van der Waals surface area contributed by atoms with Crippen molar-refractivity contribution < 1.29 is 25.2 Å². The number of carbonyl (C=O) groups is 1. The molecule has 1 fully saturated rings. The van der Waals surface area contributed by atoms with Crippen LogP contribution in [0.15, 0.2) is 37.0 Å². The van der Waals surface area contributed by atoms with Crippen LogP contribution in [0.1, 0.15) is 13.3 Å². The molecular formula is C15H22O5. The van der Waals surface area contributed by atoms with E-state index < -0.39 is 35.4 Å². The fraction of sp³-hybridized carbons (Fsp3) is 0.533. The highest BCUT2D eigenvalue weighted by atomic mass is 16.4. The minimum absolute atomic E-state index is 0.216. The van der Waals surface area contributed by atoms with Crippen molar-refractivity contribution in [3.8, 4) is 0 Å². The third-order valence-electron chi connectivity index (χ3n) is 4.27. The average Bonchev–Trinajstić information content (AvgIpc) is 2.37. The van der Waals surface area contributed by atoms with Crippen LogP contribution in [-0.4, -0.2) is 45.2 Å². The van der Waals surface area contributed by atoms with E-state index in [-0.39, 0.29) is 18.6 Å². The highest BCUT2D eigenvalue weighted by Gasteiger charge is 2.51. The van der Waals surface area contributed by atoms with Gasteiger partial charge in [0.05, 0.1) is 18.8 Å². The Labute approximate surface area is 118 Å². The second-order valence-corrected chi connectivity index (χ2v) is 5.62. The number of rotatable bonds is 5. The van der Waals surface area contributed by atoms with E-state index in [1.807, 2.05) is 0 Å². The van der Waals surface area contributed by atoms with Gasteiger partial charge in [0, 0.05) is 17.4 Å². The summed E-state index contributed by atoms with van der Waals surface area (Å²) in [6, 6.07) is 0. The van der Waals surface area contributed by atoms with E-state index in [4.69, 9.17) is 5.11 Å². The molecule has 0 aliphatic heterocycles. The number of allylic oxidation sites excluding steroid dienone is 1. The van der Waals surface area contributed by atoms with Gasteiger partial charge in [0.15, 0.2) is 0 Å². The minimum Gasteiger partial charge on any atom is -0.478 e. The maximum atomic E-state index is 11.1. The van der Waals surface area contributed by atoms with Crippen molar-refractivity contribution in [3.05, 3.63) is 37.0 Å². The molecule has 0 aromatic rings. The Morgan fingerprint density at radius 2 is 1.95 bits per heavy atom. The molecule has 0 aromatic carbocycles. The fourth-order valence-electron chi connectivity index (χ4n) is 3.13. The molecule has 1 aliphatic rings. The molecule has 0 saturated heterocycles. The highest BCUT2D eigenvalue weighted by molar-refractivity contribution is 5.86. The molecule has 0 spiro atoms. The van der Waals surface area contributed by atoms with Crippen LogP contribution < -0.4 is 0 Å². The summed E-state index contributed by atoms with van der Waals surface area (Å²) in [6.07, 6.45) is -0.414. The van der Waals surface area contributed by atoms with E-state index in [9.17, 15) is 20.1 Å². The number of aliphatic hydroxyl groups excluding tert-OH is 3. The van der Waals surface area contributed by atoms with Crippen LogP contribution in [0, 0.1) is 17.3 Å². The fourth-order valence-corrected chi connectivity index (χ4v) is 3.13. The smallest absolute Gasteiger partial charge is 0.331 e. The zero-order valence-corrected chi connectivity index (χ0v) is 11.6. The molecule has 0 unspecified atom stereocenters. The first-order valence-electron chi connectivity index (χ1n) is 6.40. The molecule has 5 heteroatoms. The van der Waals surface area contributed by atoms with Crippen molar-refractivity contribution in [2.24, 2.45) is 17.3 Å². The normalized spacial score (nSPS) is 37.2. The Bertz CT molecular complexity index is 442. The van der Waals surface area contributed by atoms with E-state index in [0.717, 1.165) is 0 Å². The second kappa shape index (κ2) is 5.91. The highest BCUT2D eigenvalue weighted by Crippen LogP contribution is 2.49. The van der Waals surface area contributed by atoms with Crippen LogP contribution in [0.5, 0.6) is 0 Å². The largest absolute Gasteiger partial charge is 0.478 e. The second-order valence-electron chi connectivity index (χ2n) is 5.62. The van der Waals surface area contributed by atoms with Gasteiger partial charge >= 0.3 is 5.97 Å². The molecule has 0 heterocycles. The SMILES string of the molecule is C=C[C@@]1(C)C[C@@H](O)[C@H](C(=C)C(=O)O)[C@H](O)[C@@H]1C(=C)CO. The summed E-state index contributed by atoms with van der Waals surface area (Å²) in [6.45, 7) is 12.3. The molecule has 0 amide bonds. The van der Waals surface area contributed by atoms with Crippen molar-refractivity contribution in [2.45, 2.75) is 25.6 Å². The van der Waals surface area contributed by atoms with Crippen LogP contribution >= 0.6 is 0 Å². The van der Waals surface area contributed by atoms with Gasteiger partial charge in [-0.2, -0.15) is 0 Å². The molecule has 20 heavy (non-hydrogen) atoms. The standard InChI is InChI=1S/C15H22O5/c1-5-15(4)6-10(17)11(9(3)14(19)20)13(18)12(15)8(2)7-16/h5,10-13,16-18H,1-3,6-7H2,4H3,(H,19,20)/t10-,11+,12+,13+,15+/m1/s1. The Morgan fingerprint density at radius 1 is 1.40 bits per heavy atom. The Kier molecular flexibility index (Phi) is 4.91. The van der Waals surface area contributed by atoms with Gasteiger partial charge in [-0.05, 0) is 17.4 Å². The lowest BCUT2D eigenvalue weighted by Gasteiger charge is -2.49. The van der Waals surface area contributed by atoms with Crippen molar-refractivity contribution in [1.82, 2.24) is 0 Å². The monoisotopic (exact) mass is 282 g/mol. The first-order valence-corrected chi connectivity index (χ1v) is 6.40. The summed E-state index contributed by atoms with van der Waals surface area (Å²) >= 11 is 0. The van der Waals surface area contributed by atoms with Crippen LogP contribution in [-0.2, 0) is 4.79 Å². The molecule has 5 atom stereocenters. The van der Waals surface area contributed by atoms with E-state index in [1.165, 1.54) is 0 Å². The van der Waals surface area contributed by atoms with Crippen LogP contribution in [0.4, 0.5) is 0 Å². The Morgan fingerprint density at radius 3 is 2.35 bits per heavy atom. The predicted molar refractivity (Wildman–Crippen MR) is 74.9 cm³/mol. The summed E-state index contributed by atoms with van der Waals surface area (Å²) in [5, 5.41) is 39.0. The minimum atomic E-state index is -1.26. The first-order chi connectivity index (χ1) is 9.19. The topological polar surface area (TPSA) is 98.0 Å². The molecule has 0 aromatic heterocycles. The molecule has 1 saturated carbocycles. The summed E-state index contributed by atoms with van der Waals surface area (Å²) in [4.78, 5) is 11.1. The number of aliphatic hydroxyl groups is 3. The number of hydrogen-bond donors (Lipinski definition) is 4. The maximum Gasteiger partial charge on any atom is 0.331 e. The van der Waals surface area contributed by atoms with Gasteiger partial charge in [0.1, 0.15) is 0 Å². The molecule has 112 valence electrons. The van der Waals surface area contributed by atoms with E-state index in [0.29, 0.717) is 5.57 Å². The molecule has 0 bridgehead atoms. The van der Waals surface area contributed by atoms with Gasteiger partial charge < -0.3 is 20.4 Å².